The molecule has 1 heterocycles. The van der Waals surface area contributed by atoms with Crippen molar-refractivity contribution in [2.45, 2.75) is 31.9 Å². The van der Waals surface area contributed by atoms with Crippen LogP contribution in [0.3, 0.4) is 0 Å². The molecule has 10 heteroatoms. The molecular formula is C22H23F3N4O3. The molecule has 1 fully saturated rings. The van der Waals surface area contributed by atoms with Crippen molar-refractivity contribution < 1.29 is 27.9 Å². The first kappa shape index (κ1) is 23.1. The van der Waals surface area contributed by atoms with Crippen LogP contribution >= 0.6 is 0 Å². The number of benzene rings is 2. The molecule has 2 aromatic carbocycles. The van der Waals surface area contributed by atoms with Crippen LogP contribution in [-0.4, -0.2) is 40.7 Å². The highest BCUT2D eigenvalue weighted by Gasteiger charge is 2.37. The SMILES string of the molecule is CC(C(=O)Nc1ccc(C(=O)N2CCCC2)c(C(F)(F)F)c1)c1cc(C(=N)N)ccc1O. The first-order chi connectivity index (χ1) is 15.0. The van der Waals surface area contributed by atoms with E-state index in [-0.39, 0.29) is 22.8 Å². The van der Waals surface area contributed by atoms with Crippen LogP contribution in [-0.2, 0) is 11.0 Å². The van der Waals surface area contributed by atoms with Gasteiger partial charge in [0, 0.05) is 29.9 Å². The number of alkyl halides is 3. The van der Waals surface area contributed by atoms with E-state index < -0.39 is 35.0 Å². The zero-order valence-electron chi connectivity index (χ0n) is 17.3. The van der Waals surface area contributed by atoms with Gasteiger partial charge in [-0.25, -0.2) is 0 Å². The lowest BCUT2D eigenvalue weighted by Gasteiger charge is -2.20. The second-order valence-electron chi connectivity index (χ2n) is 7.66. The molecule has 0 spiro atoms. The number of amides is 2. The van der Waals surface area contributed by atoms with E-state index in [9.17, 15) is 27.9 Å². The van der Waals surface area contributed by atoms with Crippen LogP contribution in [0.1, 0.15) is 52.7 Å². The van der Waals surface area contributed by atoms with Crippen molar-refractivity contribution >= 4 is 23.3 Å². The summed E-state index contributed by atoms with van der Waals surface area (Å²) in [4.78, 5) is 26.6. The molecule has 1 unspecified atom stereocenters. The van der Waals surface area contributed by atoms with Crippen LogP contribution in [0.4, 0.5) is 18.9 Å². The highest BCUT2D eigenvalue weighted by molar-refractivity contribution is 6.00. The van der Waals surface area contributed by atoms with E-state index in [1.807, 2.05) is 0 Å². The molecule has 0 radical (unpaired) electrons. The minimum atomic E-state index is -4.79. The molecule has 1 aliphatic heterocycles. The molecule has 0 saturated carbocycles. The van der Waals surface area contributed by atoms with E-state index in [0.29, 0.717) is 18.7 Å². The van der Waals surface area contributed by atoms with Gasteiger partial charge in [0.2, 0.25) is 5.91 Å². The largest absolute Gasteiger partial charge is 0.508 e. The quantitative estimate of drug-likeness (QED) is 0.412. The highest BCUT2D eigenvalue weighted by Crippen LogP contribution is 2.35. The summed E-state index contributed by atoms with van der Waals surface area (Å²) in [6, 6.07) is 7.13. The number of likely N-dealkylation sites (tertiary alicyclic amines) is 1. The normalized spacial score (nSPS) is 14.8. The lowest BCUT2D eigenvalue weighted by atomic mass is 9.96. The van der Waals surface area contributed by atoms with Gasteiger partial charge in [0.25, 0.3) is 5.91 Å². The van der Waals surface area contributed by atoms with Gasteiger partial charge < -0.3 is 21.1 Å². The van der Waals surface area contributed by atoms with Gasteiger partial charge in [0.05, 0.1) is 17.0 Å². The van der Waals surface area contributed by atoms with Crippen molar-refractivity contribution in [3.05, 3.63) is 58.7 Å². The molecule has 0 bridgehead atoms. The number of carbonyl (C=O) groups is 2. The number of amidine groups is 1. The van der Waals surface area contributed by atoms with Crippen molar-refractivity contribution in [2.75, 3.05) is 18.4 Å². The number of nitrogens with two attached hydrogens (primary N) is 1. The summed E-state index contributed by atoms with van der Waals surface area (Å²) in [5, 5.41) is 20.0. The van der Waals surface area contributed by atoms with E-state index in [1.54, 1.807) is 0 Å². The van der Waals surface area contributed by atoms with Crippen LogP contribution < -0.4 is 11.1 Å². The lowest BCUT2D eigenvalue weighted by Crippen LogP contribution is -2.30. The Bertz CT molecular complexity index is 1060. The molecule has 32 heavy (non-hydrogen) atoms. The van der Waals surface area contributed by atoms with E-state index in [0.717, 1.165) is 25.0 Å². The number of hydrogen-bond donors (Lipinski definition) is 4. The van der Waals surface area contributed by atoms with Gasteiger partial charge in [-0.05, 0) is 56.2 Å². The maximum Gasteiger partial charge on any atom is 0.417 e. The molecule has 0 aromatic heterocycles. The van der Waals surface area contributed by atoms with Gasteiger partial charge in [0.1, 0.15) is 11.6 Å². The minimum absolute atomic E-state index is 0.130. The Morgan fingerprint density at radius 3 is 2.41 bits per heavy atom. The number of nitrogen functional groups attached to an aromatic ring is 1. The third-order valence-electron chi connectivity index (χ3n) is 5.41. The average molecular weight is 448 g/mol. The third-order valence-corrected chi connectivity index (χ3v) is 5.41. The van der Waals surface area contributed by atoms with E-state index in [4.69, 9.17) is 11.1 Å². The molecule has 2 amide bonds. The Balaban J connectivity index is 1.87. The van der Waals surface area contributed by atoms with Crippen molar-refractivity contribution in [3.63, 3.8) is 0 Å². The zero-order valence-corrected chi connectivity index (χ0v) is 17.3. The molecule has 7 nitrogen and oxygen atoms in total. The summed E-state index contributed by atoms with van der Waals surface area (Å²) >= 11 is 0. The van der Waals surface area contributed by atoms with Crippen molar-refractivity contribution in [1.82, 2.24) is 4.90 Å². The summed E-state index contributed by atoms with van der Waals surface area (Å²) in [5.41, 5.74) is 4.19. The molecule has 0 aliphatic carbocycles. The molecule has 1 aliphatic rings. The summed E-state index contributed by atoms with van der Waals surface area (Å²) < 4.78 is 41.0. The standard InChI is InChI=1S/C22H23F3N4O3/c1-12(16-10-13(19(26)27)4-7-18(16)30)20(31)28-14-5-6-15(17(11-14)22(23,24)25)21(32)29-8-2-3-9-29/h4-7,10-12,30H,2-3,8-9H2,1H3,(H3,26,27)(H,28,31). The summed E-state index contributed by atoms with van der Waals surface area (Å²) in [7, 11) is 0. The number of phenols is 1. The summed E-state index contributed by atoms with van der Waals surface area (Å²) in [5.74, 6) is -2.78. The van der Waals surface area contributed by atoms with Crippen LogP contribution in [0.25, 0.3) is 0 Å². The van der Waals surface area contributed by atoms with Crippen LogP contribution in [0.5, 0.6) is 5.75 Å². The predicted octanol–water partition coefficient (Wildman–Crippen LogP) is 3.67. The lowest BCUT2D eigenvalue weighted by molar-refractivity contribution is -0.138. The number of nitrogens with zero attached hydrogens (tertiary/aromatic N) is 1. The van der Waals surface area contributed by atoms with E-state index in [1.165, 1.54) is 36.1 Å². The van der Waals surface area contributed by atoms with Gasteiger partial charge in [-0.1, -0.05) is 0 Å². The second-order valence-corrected chi connectivity index (χ2v) is 7.66. The Morgan fingerprint density at radius 1 is 1.16 bits per heavy atom. The number of rotatable bonds is 5. The van der Waals surface area contributed by atoms with Crippen molar-refractivity contribution in [3.8, 4) is 5.75 Å². The Kier molecular flexibility index (Phi) is 6.42. The number of anilines is 1. The topological polar surface area (TPSA) is 120 Å². The van der Waals surface area contributed by atoms with Crippen molar-refractivity contribution in [2.24, 2.45) is 5.73 Å². The van der Waals surface area contributed by atoms with Crippen LogP contribution in [0.15, 0.2) is 36.4 Å². The van der Waals surface area contributed by atoms with E-state index in [2.05, 4.69) is 5.32 Å². The average Bonchev–Trinajstić information content (AvgIpc) is 3.27. The molecule has 5 N–H and O–H groups in total. The molecule has 3 rings (SSSR count). The first-order valence-electron chi connectivity index (χ1n) is 9.97. The predicted molar refractivity (Wildman–Crippen MR) is 113 cm³/mol. The second kappa shape index (κ2) is 8.89. The molecule has 170 valence electrons. The molecule has 1 atom stereocenters. The first-order valence-corrected chi connectivity index (χ1v) is 9.97. The fraction of sp³-hybridized carbons (Fsp3) is 0.318. The molecule has 2 aromatic rings. The third kappa shape index (κ3) is 4.84. The number of nitrogens with one attached hydrogen (secondary N) is 2. The molecule has 1 saturated heterocycles. The number of halogens is 3. The minimum Gasteiger partial charge on any atom is -0.508 e. The Morgan fingerprint density at radius 2 is 1.81 bits per heavy atom. The Labute approximate surface area is 182 Å². The van der Waals surface area contributed by atoms with Gasteiger partial charge in [-0.2, -0.15) is 13.2 Å². The smallest absolute Gasteiger partial charge is 0.417 e. The fourth-order valence-corrected chi connectivity index (χ4v) is 3.59. The maximum absolute atomic E-state index is 13.7. The van der Waals surface area contributed by atoms with Gasteiger partial charge in [0.15, 0.2) is 0 Å². The van der Waals surface area contributed by atoms with Gasteiger partial charge in [-0.15, -0.1) is 0 Å². The van der Waals surface area contributed by atoms with E-state index >= 15 is 0 Å². The number of aromatic hydroxyl groups is 1. The molecular weight excluding hydrogens is 425 g/mol. The van der Waals surface area contributed by atoms with Gasteiger partial charge in [-0.3, -0.25) is 15.0 Å². The summed E-state index contributed by atoms with van der Waals surface area (Å²) in [6.07, 6.45) is -3.29. The van der Waals surface area contributed by atoms with Crippen molar-refractivity contribution in [1.29, 1.82) is 5.41 Å². The number of phenolic OH excluding ortho intramolecular Hbond substituents is 1. The number of hydrogen-bond acceptors (Lipinski definition) is 4. The van der Waals surface area contributed by atoms with Crippen LogP contribution in [0.2, 0.25) is 0 Å². The fourth-order valence-electron chi connectivity index (χ4n) is 3.59. The monoisotopic (exact) mass is 448 g/mol. The van der Waals surface area contributed by atoms with Crippen LogP contribution in [0, 0.1) is 5.41 Å². The highest BCUT2D eigenvalue weighted by atomic mass is 19.4. The maximum atomic E-state index is 13.7. The Hall–Kier alpha value is -3.56. The summed E-state index contributed by atoms with van der Waals surface area (Å²) in [6.45, 7) is 2.29. The number of carbonyl (C=O) groups excluding carboxylic acids is 2. The zero-order chi connectivity index (χ0) is 23.6. The van der Waals surface area contributed by atoms with Gasteiger partial charge >= 0.3 is 6.18 Å².